The number of ether oxygens (including phenoxy) is 2. The van der Waals surface area contributed by atoms with Crippen molar-refractivity contribution in [1.82, 2.24) is 14.7 Å². The van der Waals surface area contributed by atoms with E-state index in [-0.39, 0.29) is 6.61 Å². The molecule has 0 aromatic heterocycles. The third-order valence-corrected chi connectivity index (χ3v) is 6.75. The van der Waals surface area contributed by atoms with Crippen LogP contribution in [-0.4, -0.2) is 71.5 Å². The molecule has 186 valence electrons. The van der Waals surface area contributed by atoms with E-state index in [1.54, 1.807) is 14.2 Å². The molecule has 0 N–H and O–H groups in total. The number of carbonyl (C=O) groups excluding carboxylic acids is 3. The summed E-state index contributed by atoms with van der Waals surface area (Å²) >= 11 is 0. The molecule has 5 rings (SSSR count). The molecule has 3 aliphatic rings. The standard InChI is InChI=1S/C26H27N5O5/c1-16-17(2)31-22-23(27-25(31)30(16)19-10-12-20(35-4)13-11-19)28(3)26(34)29(24(22)33)14-21(32)36-15-18-8-6-5-7-9-18/h5-13,22-23H,14-15H2,1-4H3. The largest absolute Gasteiger partial charge is 0.497 e. The van der Waals surface area contributed by atoms with Crippen LogP contribution in [0.1, 0.15) is 19.4 Å². The molecule has 10 nitrogen and oxygen atoms in total. The highest BCUT2D eigenvalue weighted by molar-refractivity contribution is 6.11. The van der Waals surface area contributed by atoms with Crippen molar-refractivity contribution in [2.24, 2.45) is 4.99 Å². The lowest BCUT2D eigenvalue weighted by Crippen LogP contribution is -2.65. The van der Waals surface area contributed by atoms with Crippen molar-refractivity contribution in [1.29, 1.82) is 0 Å². The minimum atomic E-state index is -0.775. The molecule has 1 fully saturated rings. The molecule has 1 saturated heterocycles. The Hall–Kier alpha value is -4.34. The van der Waals surface area contributed by atoms with E-state index in [4.69, 9.17) is 14.5 Å². The Balaban J connectivity index is 1.37. The van der Waals surface area contributed by atoms with Crippen LogP contribution in [0.15, 0.2) is 71.0 Å². The topological polar surface area (TPSA) is 95.0 Å². The van der Waals surface area contributed by atoms with Gasteiger partial charge in [0.25, 0.3) is 5.91 Å². The molecule has 36 heavy (non-hydrogen) atoms. The van der Waals surface area contributed by atoms with Crippen LogP contribution in [0.5, 0.6) is 5.75 Å². The van der Waals surface area contributed by atoms with Gasteiger partial charge < -0.3 is 14.4 Å². The van der Waals surface area contributed by atoms with E-state index >= 15 is 0 Å². The quantitative estimate of drug-likeness (QED) is 0.576. The summed E-state index contributed by atoms with van der Waals surface area (Å²) in [7, 11) is 3.19. The number of carbonyl (C=O) groups is 3. The van der Waals surface area contributed by atoms with Crippen LogP contribution in [0.3, 0.4) is 0 Å². The van der Waals surface area contributed by atoms with E-state index in [1.165, 1.54) is 4.90 Å². The number of anilines is 1. The van der Waals surface area contributed by atoms with Gasteiger partial charge in [0.1, 0.15) is 18.9 Å². The Bertz CT molecular complexity index is 1270. The molecule has 3 heterocycles. The fourth-order valence-electron chi connectivity index (χ4n) is 4.71. The highest BCUT2D eigenvalue weighted by atomic mass is 16.5. The summed E-state index contributed by atoms with van der Waals surface area (Å²) in [5, 5.41) is 0. The third kappa shape index (κ3) is 3.74. The van der Waals surface area contributed by atoms with Gasteiger partial charge in [0.15, 0.2) is 12.2 Å². The molecule has 0 saturated carbocycles. The fraction of sp³-hybridized carbons (Fsp3) is 0.308. The first-order chi connectivity index (χ1) is 17.3. The van der Waals surface area contributed by atoms with E-state index in [2.05, 4.69) is 0 Å². The number of fused-ring (bicyclic) bond motifs is 3. The summed E-state index contributed by atoms with van der Waals surface area (Å²) < 4.78 is 10.6. The summed E-state index contributed by atoms with van der Waals surface area (Å²) in [5.41, 5.74) is 3.44. The Morgan fingerprint density at radius 1 is 1.00 bits per heavy atom. The van der Waals surface area contributed by atoms with Crippen LogP contribution in [0.2, 0.25) is 0 Å². The number of benzene rings is 2. The lowest BCUT2D eigenvalue weighted by atomic mass is 10.1. The maximum Gasteiger partial charge on any atom is 0.328 e. The first-order valence-corrected chi connectivity index (χ1v) is 11.6. The van der Waals surface area contributed by atoms with Gasteiger partial charge in [-0.25, -0.2) is 9.79 Å². The minimum Gasteiger partial charge on any atom is -0.497 e. The highest BCUT2D eigenvalue weighted by Gasteiger charge is 2.56. The second-order valence-electron chi connectivity index (χ2n) is 8.83. The first-order valence-electron chi connectivity index (χ1n) is 11.6. The summed E-state index contributed by atoms with van der Waals surface area (Å²) in [6, 6.07) is 15.4. The monoisotopic (exact) mass is 489 g/mol. The predicted octanol–water partition coefficient (Wildman–Crippen LogP) is 2.77. The number of urea groups is 1. The second kappa shape index (κ2) is 9.03. The van der Waals surface area contributed by atoms with Crippen molar-refractivity contribution in [2.45, 2.75) is 32.7 Å². The normalized spacial score (nSPS) is 21.1. The SMILES string of the molecule is COc1ccc(N2C3=NC4C(C(=O)N(CC(=O)OCc5ccccc5)C(=O)N4C)N3C(C)=C2C)cc1. The Labute approximate surface area is 209 Å². The summed E-state index contributed by atoms with van der Waals surface area (Å²) in [6.45, 7) is 3.47. The van der Waals surface area contributed by atoms with Crippen LogP contribution in [0.4, 0.5) is 10.5 Å². The highest BCUT2D eigenvalue weighted by Crippen LogP contribution is 2.40. The zero-order valence-electron chi connectivity index (χ0n) is 20.5. The number of methoxy groups -OCH3 is 1. The van der Waals surface area contributed by atoms with Gasteiger partial charge in [0.2, 0.25) is 5.96 Å². The Kier molecular flexibility index (Phi) is 5.87. The molecule has 0 radical (unpaired) electrons. The maximum atomic E-state index is 13.6. The predicted molar refractivity (Wildman–Crippen MR) is 132 cm³/mol. The maximum absolute atomic E-state index is 13.6. The van der Waals surface area contributed by atoms with Gasteiger partial charge in [-0.15, -0.1) is 0 Å². The van der Waals surface area contributed by atoms with Crippen LogP contribution in [-0.2, 0) is 20.9 Å². The molecule has 2 unspecified atom stereocenters. The lowest BCUT2D eigenvalue weighted by Gasteiger charge is -2.40. The van der Waals surface area contributed by atoms with Crippen molar-refractivity contribution in [2.75, 3.05) is 25.6 Å². The number of amides is 3. The van der Waals surface area contributed by atoms with Crippen molar-refractivity contribution in [3.8, 4) is 5.75 Å². The number of rotatable bonds is 6. The van der Waals surface area contributed by atoms with Crippen molar-refractivity contribution in [3.63, 3.8) is 0 Å². The van der Waals surface area contributed by atoms with Crippen molar-refractivity contribution >= 4 is 29.6 Å². The van der Waals surface area contributed by atoms with E-state index in [0.29, 0.717) is 5.96 Å². The molecule has 0 aliphatic carbocycles. The van der Waals surface area contributed by atoms with Crippen LogP contribution >= 0.6 is 0 Å². The minimum absolute atomic E-state index is 0.0645. The van der Waals surface area contributed by atoms with Gasteiger partial charge >= 0.3 is 12.0 Å². The number of nitrogens with zero attached hydrogens (tertiary/aromatic N) is 5. The Morgan fingerprint density at radius 3 is 2.36 bits per heavy atom. The molecule has 2 aromatic rings. The molecule has 2 atom stereocenters. The number of hydrogen-bond acceptors (Lipinski definition) is 8. The zero-order valence-corrected chi connectivity index (χ0v) is 20.5. The number of hydrogen-bond donors (Lipinski definition) is 0. The molecule has 3 amide bonds. The Morgan fingerprint density at radius 2 is 1.69 bits per heavy atom. The number of imide groups is 1. The molecular weight excluding hydrogens is 462 g/mol. The molecule has 3 aliphatic heterocycles. The number of aliphatic imine (C=N–C) groups is 1. The first kappa shape index (κ1) is 23.4. The van der Waals surface area contributed by atoms with Gasteiger partial charge in [-0.3, -0.25) is 24.3 Å². The molecule has 2 aromatic carbocycles. The van der Waals surface area contributed by atoms with E-state index in [9.17, 15) is 14.4 Å². The molecule has 0 bridgehead atoms. The average molecular weight is 490 g/mol. The number of esters is 1. The average Bonchev–Trinajstić information content (AvgIpc) is 3.39. The smallest absolute Gasteiger partial charge is 0.328 e. The van der Waals surface area contributed by atoms with Gasteiger partial charge in [-0.1, -0.05) is 30.3 Å². The number of likely N-dealkylation sites (N-methyl/N-ethyl adjacent to an activating group) is 1. The summed E-state index contributed by atoms with van der Waals surface area (Å²) in [5.74, 6) is 0.149. The molecule has 10 heteroatoms. The van der Waals surface area contributed by atoms with Gasteiger partial charge in [-0.2, -0.15) is 0 Å². The molecular formula is C26H27N5O5. The van der Waals surface area contributed by atoms with Gasteiger partial charge in [0, 0.05) is 24.1 Å². The third-order valence-electron chi connectivity index (χ3n) is 6.75. The van der Waals surface area contributed by atoms with Gasteiger partial charge in [0.05, 0.1) is 7.11 Å². The number of guanidine groups is 1. The van der Waals surface area contributed by atoms with Crippen molar-refractivity contribution < 1.29 is 23.9 Å². The van der Waals surface area contributed by atoms with E-state index < -0.39 is 36.7 Å². The van der Waals surface area contributed by atoms with Crippen LogP contribution in [0, 0.1) is 0 Å². The second-order valence-corrected chi connectivity index (χ2v) is 8.83. The van der Waals surface area contributed by atoms with Gasteiger partial charge in [-0.05, 0) is 43.7 Å². The summed E-state index contributed by atoms with van der Waals surface area (Å²) in [6.07, 6.45) is -0.708. The molecule has 0 spiro atoms. The van der Waals surface area contributed by atoms with E-state index in [0.717, 1.165) is 33.3 Å². The van der Waals surface area contributed by atoms with Crippen molar-refractivity contribution in [3.05, 3.63) is 71.6 Å². The van der Waals surface area contributed by atoms with E-state index in [1.807, 2.05) is 78.2 Å². The zero-order chi connectivity index (χ0) is 25.6. The fourth-order valence-corrected chi connectivity index (χ4v) is 4.71. The summed E-state index contributed by atoms with van der Waals surface area (Å²) in [4.78, 5) is 50.1. The van der Waals surface area contributed by atoms with Crippen LogP contribution < -0.4 is 9.64 Å². The number of allylic oxidation sites excluding steroid dienone is 2. The lowest BCUT2D eigenvalue weighted by molar-refractivity contribution is -0.151. The van der Waals surface area contributed by atoms with Crippen LogP contribution in [0.25, 0.3) is 0 Å².